The van der Waals surface area contributed by atoms with Gasteiger partial charge < -0.3 is 15.5 Å². The van der Waals surface area contributed by atoms with Gasteiger partial charge in [0.15, 0.2) is 0 Å². The van der Waals surface area contributed by atoms with Gasteiger partial charge in [-0.1, -0.05) is 12.1 Å². The van der Waals surface area contributed by atoms with Crippen LogP contribution in [0.5, 0.6) is 0 Å². The van der Waals surface area contributed by atoms with Crippen molar-refractivity contribution in [3.8, 4) is 0 Å². The summed E-state index contributed by atoms with van der Waals surface area (Å²) in [5.41, 5.74) is 3.51. The van der Waals surface area contributed by atoms with Crippen molar-refractivity contribution < 1.29 is 4.79 Å². The summed E-state index contributed by atoms with van der Waals surface area (Å²) in [6, 6.07) is 6.37. The minimum atomic E-state index is 0.118. The number of nitrogens with one attached hydrogen (secondary N) is 2. The zero-order chi connectivity index (χ0) is 13.1. The first-order valence-corrected chi connectivity index (χ1v) is 7.16. The number of benzene rings is 1. The maximum Gasteiger partial charge on any atom is 0.228 e. The Kier molecular flexibility index (Phi) is 3.80. The molecule has 4 heteroatoms. The van der Waals surface area contributed by atoms with Crippen LogP contribution < -0.4 is 10.6 Å². The third-order valence-corrected chi connectivity index (χ3v) is 3.94. The zero-order valence-corrected chi connectivity index (χ0v) is 11.2. The maximum atomic E-state index is 11.3. The van der Waals surface area contributed by atoms with Crippen molar-refractivity contribution in [1.29, 1.82) is 0 Å². The van der Waals surface area contributed by atoms with Gasteiger partial charge in [0.1, 0.15) is 0 Å². The number of amides is 1. The van der Waals surface area contributed by atoms with E-state index in [1.165, 1.54) is 31.6 Å². The minimum Gasteiger partial charge on any atom is -0.326 e. The molecule has 0 unspecified atom stereocenters. The third kappa shape index (κ3) is 3.14. The molecule has 2 N–H and O–H groups in total. The summed E-state index contributed by atoms with van der Waals surface area (Å²) in [6.07, 6.45) is 2.84. The van der Waals surface area contributed by atoms with Crippen molar-refractivity contribution >= 4 is 11.6 Å². The molecule has 0 aromatic heterocycles. The van der Waals surface area contributed by atoms with Gasteiger partial charge >= 0.3 is 0 Å². The number of hydrogen-bond donors (Lipinski definition) is 2. The van der Waals surface area contributed by atoms with Gasteiger partial charge in [-0.15, -0.1) is 0 Å². The number of carbonyl (C=O) groups excluding carboxylic acids is 1. The van der Waals surface area contributed by atoms with Crippen LogP contribution in [0.2, 0.25) is 0 Å². The number of fused-ring (bicyclic) bond motifs is 1. The summed E-state index contributed by atoms with van der Waals surface area (Å²) >= 11 is 0. The highest BCUT2D eigenvalue weighted by Crippen LogP contribution is 2.24. The van der Waals surface area contributed by atoms with Crippen molar-refractivity contribution in [2.24, 2.45) is 0 Å². The van der Waals surface area contributed by atoms with Crippen LogP contribution in [0.1, 0.15) is 17.5 Å². The van der Waals surface area contributed by atoms with Crippen LogP contribution in [-0.4, -0.2) is 43.5 Å². The molecule has 1 aromatic rings. The van der Waals surface area contributed by atoms with Crippen LogP contribution in [0.25, 0.3) is 0 Å². The van der Waals surface area contributed by atoms with Crippen molar-refractivity contribution in [1.82, 2.24) is 10.2 Å². The first kappa shape index (κ1) is 12.6. The van der Waals surface area contributed by atoms with E-state index in [1.54, 1.807) is 0 Å². The lowest BCUT2D eigenvalue weighted by molar-refractivity contribution is -0.115. The van der Waals surface area contributed by atoms with Gasteiger partial charge in [-0.25, -0.2) is 0 Å². The number of carbonyl (C=O) groups is 1. The van der Waals surface area contributed by atoms with Crippen molar-refractivity contribution in [2.75, 3.05) is 38.0 Å². The average molecular weight is 259 g/mol. The molecule has 4 nitrogen and oxygen atoms in total. The molecular weight excluding hydrogens is 238 g/mol. The van der Waals surface area contributed by atoms with E-state index >= 15 is 0 Å². The summed E-state index contributed by atoms with van der Waals surface area (Å²) in [6.45, 7) is 5.75. The molecule has 0 saturated carbocycles. The normalized spacial score (nSPS) is 19.3. The van der Waals surface area contributed by atoms with Gasteiger partial charge in [-0.3, -0.25) is 4.79 Å². The standard InChI is InChI=1S/C15H21N3O/c19-15-11-13-10-12(3-4-14(13)17-15)2-1-7-18-8-5-16-6-9-18/h3-4,10,16H,1-2,5-9,11H2,(H,17,19). The largest absolute Gasteiger partial charge is 0.326 e. The van der Waals surface area contributed by atoms with E-state index in [9.17, 15) is 4.79 Å². The summed E-state index contributed by atoms with van der Waals surface area (Å²) in [7, 11) is 0. The molecule has 0 radical (unpaired) electrons. The van der Waals surface area contributed by atoms with Gasteiger partial charge in [0.05, 0.1) is 6.42 Å². The van der Waals surface area contributed by atoms with Crippen molar-refractivity contribution in [3.05, 3.63) is 29.3 Å². The molecule has 0 aliphatic carbocycles. The monoisotopic (exact) mass is 259 g/mol. The fourth-order valence-corrected chi connectivity index (χ4v) is 2.88. The fourth-order valence-electron chi connectivity index (χ4n) is 2.88. The number of hydrogen-bond acceptors (Lipinski definition) is 3. The SMILES string of the molecule is O=C1Cc2cc(CCCN3CCNCC3)ccc2N1. The molecule has 1 fully saturated rings. The predicted octanol–water partition coefficient (Wildman–Crippen LogP) is 1.02. The molecule has 1 amide bonds. The quantitative estimate of drug-likeness (QED) is 0.848. The smallest absolute Gasteiger partial charge is 0.228 e. The minimum absolute atomic E-state index is 0.118. The highest BCUT2D eigenvalue weighted by Gasteiger charge is 2.17. The van der Waals surface area contributed by atoms with Crippen LogP contribution >= 0.6 is 0 Å². The molecule has 0 bridgehead atoms. The second-order valence-electron chi connectivity index (χ2n) is 5.41. The summed E-state index contributed by atoms with van der Waals surface area (Å²) in [4.78, 5) is 13.8. The van der Waals surface area contributed by atoms with Gasteiger partial charge in [0.2, 0.25) is 5.91 Å². The van der Waals surface area contributed by atoms with E-state index < -0.39 is 0 Å². The Labute approximate surface area is 114 Å². The van der Waals surface area contributed by atoms with E-state index in [-0.39, 0.29) is 5.91 Å². The highest BCUT2D eigenvalue weighted by atomic mass is 16.1. The first-order valence-electron chi connectivity index (χ1n) is 7.16. The van der Waals surface area contributed by atoms with Gasteiger partial charge in [-0.2, -0.15) is 0 Å². The second kappa shape index (κ2) is 5.72. The Morgan fingerprint density at radius 3 is 2.89 bits per heavy atom. The molecule has 2 aliphatic rings. The molecule has 2 aliphatic heterocycles. The molecule has 0 spiro atoms. The predicted molar refractivity (Wildman–Crippen MR) is 76.4 cm³/mol. The van der Waals surface area contributed by atoms with Crippen LogP contribution in [-0.2, 0) is 17.6 Å². The summed E-state index contributed by atoms with van der Waals surface area (Å²) in [5, 5.41) is 6.25. The average Bonchev–Trinajstić information content (AvgIpc) is 2.79. The number of rotatable bonds is 4. The lowest BCUT2D eigenvalue weighted by atomic mass is 10.0. The van der Waals surface area contributed by atoms with E-state index in [4.69, 9.17) is 0 Å². The van der Waals surface area contributed by atoms with Crippen LogP contribution in [0.3, 0.4) is 0 Å². The van der Waals surface area contributed by atoms with Crippen molar-refractivity contribution in [3.63, 3.8) is 0 Å². The molecule has 1 saturated heterocycles. The topological polar surface area (TPSA) is 44.4 Å². The number of aryl methyl sites for hydroxylation is 1. The van der Waals surface area contributed by atoms with E-state index in [0.717, 1.165) is 30.8 Å². The van der Waals surface area contributed by atoms with E-state index in [0.29, 0.717) is 6.42 Å². The Balaban J connectivity index is 1.50. The van der Waals surface area contributed by atoms with Crippen LogP contribution in [0, 0.1) is 0 Å². The lowest BCUT2D eigenvalue weighted by Gasteiger charge is -2.27. The number of anilines is 1. The lowest BCUT2D eigenvalue weighted by Crippen LogP contribution is -2.43. The second-order valence-corrected chi connectivity index (χ2v) is 5.41. The molecule has 3 rings (SSSR count). The summed E-state index contributed by atoms with van der Waals surface area (Å²) in [5.74, 6) is 0.118. The first-order chi connectivity index (χ1) is 9.31. The number of piperazine rings is 1. The van der Waals surface area contributed by atoms with Gasteiger partial charge in [0.25, 0.3) is 0 Å². The molecule has 19 heavy (non-hydrogen) atoms. The van der Waals surface area contributed by atoms with Gasteiger partial charge in [-0.05, 0) is 36.6 Å². The third-order valence-electron chi connectivity index (χ3n) is 3.94. The Morgan fingerprint density at radius 2 is 2.05 bits per heavy atom. The van der Waals surface area contributed by atoms with Gasteiger partial charge in [0, 0.05) is 31.9 Å². The Bertz CT molecular complexity index is 466. The van der Waals surface area contributed by atoms with E-state index in [1.807, 2.05) is 6.07 Å². The summed E-state index contributed by atoms with van der Waals surface area (Å²) < 4.78 is 0. The van der Waals surface area contributed by atoms with E-state index in [2.05, 4.69) is 27.7 Å². The van der Waals surface area contributed by atoms with Crippen molar-refractivity contribution in [2.45, 2.75) is 19.3 Å². The van der Waals surface area contributed by atoms with Crippen LogP contribution in [0.15, 0.2) is 18.2 Å². The Morgan fingerprint density at radius 1 is 1.21 bits per heavy atom. The molecule has 0 atom stereocenters. The zero-order valence-electron chi connectivity index (χ0n) is 11.2. The molecule has 102 valence electrons. The maximum absolute atomic E-state index is 11.3. The highest BCUT2D eigenvalue weighted by molar-refractivity contribution is 5.99. The van der Waals surface area contributed by atoms with Crippen LogP contribution in [0.4, 0.5) is 5.69 Å². The molecule has 1 aromatic carbocycles. The molecule has 2 heterocycles. The Hall–Kier alpha value is -1.39. The number of nitrogens with zero attached hydrogens (tertiary/aromatic N) is 1. The molecular formula is C15H21N3O. The fraction of sp³-hybridized carbons (Fsp3) is 0.533.